The minimum atomic E-state index is -6.40. The number of carboxylic acid groups (broad SMARTS) is 1. The average molecular weight is 390 g/mol. The molecule has 0 unspecified atom stereocenters. The smallest absolute Gasteiger partial charge is 0.534 e. The zero-order valence-corrected chi connectivity index (χ0v) is 12.7. The van der Waals surface area contributed by atoms with Gasteiger partial charge in [0.05, 0.1) is 5.97 Å². The third kappa shape index (κ3) is 3.23. The lowest BCUT2D eigenvalue weighted by Gasteiger charge is -2.17. The molecule has 0 aliphatic rings. The highest BCUT2D eigenvalue weighted by atomic mass is 32.2. The molecule has 1 aromatic heterocycles. The van der Waals surface area contributed by atoms with Crippen molar-refractivity contribution in [2.24, 2.45) is 0 Å². The molecule has 0 amide bonds. The van der Waals surface area contributed by atoms with Crippen LogP contribution in [0, 0.1) is 6.92 Å². The van der Waals surface area contributed by atoms with E-state index in [9.17, 15) is 44.7 Å². The summed E-state index contributed by atoms with van der Waals surface area (Å²) in [4.78, 5) is 13.4. The number of carboxylic acids is 1. The number of alkyl halides is 6. The van der Waals surface area contributed by atoms with Crippen molar-refractivity contribution in [1.29, 1.82) is 0 Å². The van der Waals surface area contributed by atoms with Crippen molar-refractivity contribution in [2.45, 2.75) is 18.6 Å². The minimum absolute atomic E-state index is 0.267. The summed E-state index contributed by atoms with van der Waals surface area (Å²) in [5.41, 5.74) is -9.61. The molecule has 0 radical (unpaired) electrons. The third-order valence-electron chi connectivity index (χ3n) is 3.08. The number of hydrogen-bond acceptors (Lipinski definition) is 5. The van der Waals surface area contributed by atoms with Gasteiger partial charge in [-0.1, -0.05) is 0 Å². The van der Waals surface area contributed by atoms with Gasteiger partial charge in [0, 0.05) is 22.2 Å². The maximum absolute atomic E-state index is 13.3. The minimum Gasteiger partial charge on any atom is -0.545 e. The Morgan fingerprint density at radius 2 is 1.72 bits per heavy atom. The van der Waals surface area contributed by atoms with Crippen LogP contribution in [0.25, 0.3) is 10.9 Å². The summed E-state index contributed by atoms with van der Waals surface area (Å²) in [5.74, 6) is -3.75. The van der Waals surface area contributed by atoms with Gasteiger partial charge in [0.25, 0.3) is 0 Å². The SMILES string of the molecule is Cc1[nH]c2ccc(OS(=O)(=O)C(F)(F)F)c(C(F)(F)F)c2c1C(=O)[O-]. The summed E-state index contributed by atoms with van der Waals surface area (Å²) in [7, 11) is -6.40. The molecule has 13 heteroatoms. The monoisotopic (exact) mass is 390 g/mol. The van der Waals surface area contributed by atoms with E-state index < -0.39 is 55.6 Å². The fourth-order valence-corrected chi connectivity index (χ4v) is 2.64. The molecule has 1 N–H and O–H groups in total. The Hall–Kier alpha value is -2.44. The first-order valence-electron chi connectivity index (χ1n) is 6.11. The Kier molecular flexibility index (Phi) is 4.19. The Morgan fingerprint density at radius 3 is 2.16 bits per heavy atom. The van der Waals surface area contributed by atoms with E-state index in [0.717, 1.165) is 13.0 Å². The van der Waals surface area contributed by atoms with Crippen molar-refractivity contribution in [2.75, 3.05) is 0 Å². The highest BCUT2D eigenvalue weighted by molar-refractivity contribution is 7.88. The predicted molar refractivity (Wildman–Crippen MR) is 68.0 cm³/mol. The number of H-pyrrole nitrogens is 1. The molecule has 0 aliphatic heterocycles. The normalized spacial score (nSPS) is 13.2. The molecule has 6 nitrogen and oxygen atoms in total. The lowest BCUT2D eigenvalue weighted by Crippen LogP contribution is -2.29. The number of hydrogen-bond donors (Lipinski definition) is 1. The van der Waals surface area contributed by atoms with Gasteiger partial charge in [0.15, 0.2) is 5.75 Å². The zero-order chi connectivity index (χ0) is 19.4. The molecule has 1 aromatic carbocycles. The van der Waals surface area contributed by atoms with Crippen LogP contribution in [-0.2, 0) is 16.3 Å². The van der Waals surface area contributed by atoms with E-state index in [4.69, 9.17) is 0 Å². The second kappa shape index (κ2) is 5.54. The third-order valence-corrected chi connectivity index (χ3v) is 4.05. The van der Waals surface area contributed by atoms with E-state index in [-0.39, 0.29) is 5.69 Å². The van der Waals surface area contributed by atoms with Crippen LogP contribution < -0.4 is 9.29 Å². The second-order valence-corrected chi connectivity index (χ2v) is 6.29. The number of benzene rings is 1. The fraction of sp³-hybridized carbons (Fsp3) is 0.250. The largest absolute Gasteiger partial charge is 0.545 e. The van der Waals surface area contributed by atoms with Crippen molar-refractivity contribution in [3.05, 3.63) is 29.0 Å². The maximum atomic E-state index is 13.3. The quantitative estimate of drug-likeness (QED) is 0.492. The van der Waals surface area contributed by atoms with Crippen LogP contribution >= 0.6 is 0 Å². The first-order chi connectivity index (χ1) is 11.2. The predicted octanol–water partition coefficient (Wildman–Crippen LogP) is 2.09. The van der Waals surface area contributed by atoms with E-state index in [1.807, 2.05) is 0 Å². The molecule has 25 heavy (non-hydrogen) atoms. The number of fused-ring (bicyclic) bond motifs is 1. The molecule has 0 spiro atoms. The Balaban J connectivity index is 2.88. The summed E-state index contributed by atoms with van der Waals surface area (Å²) in [5, 5.41) is 10.0. The Labute approximate surface area is 135 Å². The van der Waals surface area contributed by atoms with Crippen molar-refractivity contribution in [3.63, 3.8) is 0 Å². The summed E-state index contributed by atoms with van der Waals surface area (Å²) in [6.07, 6.45) is -5.42. The second-order valence-electron chi connectivity index (χ2n) is 4.75. The number of aromatic carboxylic acids is 1. The lowest BCUT2D eigenvalue weighted by molar-refractivity contribution is -0.254. The number of aryl methyl sites for hydroxylation is 1. The summed E-state index contributed by atoms with van der Waals surface area (Å²) < 4.78 is 103. The number of carbonyl (C=O) groups excluding carboxylic acids is 1. The van der Waals surface area contributed by atoms with Crippen LogP contribution in [0.1, 0.15) is 21.6 Å². The Morgan fingerprint density at radius 1 is 1.16 bits per heavy atom. The molecule has 0 aliphatic carbocycles. The summed E-state index contributed by atoms with van der Waals surface area (Å²) in [6.45, 7) is 1.10. The summed E-state index contributed by atoms with van der Waals surface area (Å²) in [6, 6.07) is 1.09. The molecule has 0 saturated carbocycles. The standard InChI is InChI=1S/C12H7F6NO5S/c1-4-7(10(20)21)8-5(19-4)2-3-6(9(8)11(13,14)15)24-25(22,23)12(16,17)18/h2-3,19H,1H3,(H,20,21)/p-1. The molecule has 2 rings (SSSR count). The maximum Gasteiger partial charge on any atom is 0.534 e. The van der Waals surface area contributed by atoms with E-state index in [1.165, 1.54) is 0 Å². The van der Waals surface area contributed by atoms with Gasteiger partial charge in [-0.05, 0) is 19.1 Å². The van der Waals surface area contributed by atoms with Gasteiger partial charge in [-0.15, -0.1) is 0 Å². The number of aromatic nitrogens is 1. The first kappa shape index (κ1) is 18.9. The van der Waals surface area contributed by atoms with E-state index in [2.05, 4.69) is 9.17 Å². The summed E-state index contributed by atoms with van der Waals surface area (Å²) >= 11 is 0. The molecule has 1 heterocycles. The highest BCUT2D eigenvalue weighted by Gasteiger charge is 2.50. The number of halogens is 6. The van der Waals surface area contributed by atoms with Crippen molar-refractivity contribution in [3.8, 4) is 5.75 Å². The number of rotatable bonds is 3. The van der Waals surface area contributed by atoms with Crippen molar-refractivity contribution < 1.29 is 48.8 Å². The highest BCUT2D eigenvalue weighted by Crippen LogP contribution is 2.44. The van der Waals surface area contributed by atoms with Gasteiger partial charge in [0.1, 0.15) is 5.56 Å². The fourth-order valence-electron chi connectivity index (χ4n) is 2.17. The van der Waals surface area contributed by atoms with Gasteiger partial charge < -0.3 is 19.1 Å². The molecule has 0 bridgehead atoms. The van der Waals surface area contributed by atoms with Crippen LogP contribution in [0.15, 0.2) is 12.1 Å². The van der Waals surface area contributed by atoms with E-state index in [0.29, 0.717) is 6.07 Å². The van der Waals surface area contributed by atoms with Crippen LogP contribution in [-0.4, -0.2) is 24.9 Å². The molecule has 0 atom stereocenters. The van der Waals surface area contributed by atoms with E-state index >= 15 is 0 Å². The number of aromatic amines is 1. The van der Waals surface area contributed by atoms with Gasteiger partial charge in [-0.25, -0.2) is 0 Å². The molecule has 0 fully saturated rings. The molecule has 0 saturated heterocycles. The Bertz CT molecular complexity index is 957. The average Bonchev–Trinajstić information content (AvgIpc) is 2.70. The van der Waals surface area contributed by atoms with Gasteiger partial charge >= 0.3 is 21.8 Å². The number of nitrogens with one attached hydrogen (secondary N) is 1. The van der Waals surface area contributed by atoms with Crippen LogP contribution in [0.5, 0.6) is 5.75 Å². The van der Waals surface area contributed by atoms with Gasteiger partial charge in [-0.2, -0.15) is 34.8 Å². The topological polar surface area (TPSA) is 99.3 Å². The van der Waals surface area contributed by atoms with Crippen LogP contribution in [0.3, 0.4) is 0 Å². The molecular weight excluding hydrogens is 384 g/mol. The van der Waals surface area contributed by atoms with Gasteiger partial charge in [0.2, 0.25) is 0 Å². The lowest BCUT2D eigenvalue weighted by atomic mass is 10.0. The zero-order valence-electron chi connectivity index (χ0n) is 11.9. The van der Waals surface area contributed by atoms with E-state index in [1.54, 1.807) is 0 Å². The van der Waals surface area contributed by atoms with Gasteiger partial charge in [-0.3, -0.25) is 0 Å². The molecule has 138 valence electrons. The molecule has 2 aromatic rings. The van der Waals surface area contributed by atoms with Crippen LogP contribution in [0.4, 0.5) is 26.3 Å². The molecular formula is C12H6F6NO5S-. The van der Waals surface area contributed by atoms with Crippen molar-refractivity contribution >= 4 is 27.0 Å². The van der Waals surface area contributed by atoms with Crippen LogP contribution in [0.2, 0.25) is 0 Å². The first-order valence-corrected chi connectivity index (χ1v) is 7.52. The van der Waals surface area contributed by atoms with Crippen molar-refractivity contribution in [1.82, 2.24) is 4.98 Å². The number of carbonyl (C=O) groups is 1.